The van der Waals surface area contributed by atoms with E-state index in [4.69, 9.17) is 29.9 Å². The molecule has 0 atom stereocenters. The third-order valence-electron chi connectivity index (χ3n) is 9.69. The second-order valence-corrected chi connectivity index (χ2v) is 13.2. The van der Waals surface area contributed by atoms with Gasteiger partial charge in [0.25, 0.3) is 0 Å². The Labute approximate surface area is 311 Å². The number of aromatic nitrogens is 6. The number of hydrogen-bond donors (Lipinski definition) is 0. The first-order valence-corrected chi connectivity index (χ1v) is 17.9. The quantitative estimate of drug-likeness (QED) is 0.173. The van der Waals surface area contributed by atoms with E-state index in [9.17, 15) is 0 Å². The van der Waals surface area contributed by atoms with E-state index >= 15 is 0 Å². The molecule has 6 heterocycles. The molecule has 6 heteroatoms. The number of pyridine rings is 6. The molecule has 10 aromatic rings. The summed E-state index contributed by atoms with van der Waals surface area (Å²) in [6.45, 7) is 0. The van der Waals surface area contributed by atoms with Gasteiger partial charge >= 0.3 is 0 Å². The summed E-state index contributed by atoms with van der Waals surface area (Å²) in [5.41, 5.74) is 13.0. The van der Waals surface area contributed by atoms with Crippen molar-refractivity contribution in [2.45, 2.75) is 0 Å². The molecule has 0 saturated carbocycles. The Bertz CT molecular complexity index is 2650. The second kappa shape index (κ2) is 13.3. The molecular weight excluding hydrogens is 661 g/mol. The van der Waals surface area contributed by atoms with Gasteiger partial charge in [0.15, 0.2) is 16.9 Å². The van der Waals surface area contributed by atoms with Crippen LogP contribution in [0.3, 0.4) is 0 Å². The first-order chi connectivity index (χ1) is 26.7. The Hall–Kier alpha value is -7.44. The number of hydrogen-bond acceptors (Lipinski definition) is 6. The highest BCUT2D eigenvalue weighted by Gasteiger charge is 2.14. The minimum atomic E-state index is 0.684. The van der Waals surface area contributed by atoms with Crippen LogP contribution >= 0.6 is 0 Å². The average molecular weight is 691 g/mol. The van der Waals surface area contributed by atoms with E-state index < -0.39 is 0 Å². The zero-order chi connectivity index (χ0) is 35.8. The van der Waals surface area contributed by atoms with Crippen LogP contribution in [0.2, 0.25) is 0 Å². The highest BCUT2D eigenvalue weighted by atomic mass is 14.9. The Morgan fingerprint density at radius 3 is 0.667 bits per heavy atom. The van der Waals surface area contributed by atoms with Crippen molar-refractivity contribution in [1.82, 2.24) is 29.9 Å². The smallest absolute Gasteiger partial charge is 0.160 e. The maximum atomic E-state index is 5.11. The lowest BCUT2D eigenvalue weighted by Gasteiger charge is -2.12. The minimum Gasteiger partial charge on any atom is -0.228 e. The summed E-state index contributed by atoms with van der Waals surface area (Å²) >= 11 is 0. The van der Waals surface area contributed by atoms with Gasteiger partial charge in [-0.2, -0.15) is 0 Å². The molecule has 0 fully saturated rings. The zero-order valence-corrected chi connectivity index (χ0v) is 29.0. The average Bonchev–Trinajstić information content (AvgIpc) is 3.26. The monoisotopic (exact) mass is 690 g/mol. The van der Waals surface area contributed by atoms with Crippen LogP contribution in [0.4, 0.5) is 0 Å². The first-order valence-electron chi connectivity index (χ1n) is 17.9. The van der Waals surface area contributed by atoms with E-state index in [1.165, 1.54) is 0 Å². The molecule has 0 aliphatic carbocycles. The molecule has 0 radical (unpaired) electrons. The molecule has 0 saturated heterocycles. The van der Waals surface area contributed by atoms with Crippen molar-refractivity contribution in [2.24, 2.45) is 0 Å². The van der Waals surface area contributed by atoms with Crippen LogP contribution in [0.25, 0.3) is 101 Å². The molecule has 0 bridgehead atoms. The van der Waals surface area contributed by atoms with Crippen molar-refractivity contribution >= 4 is 33.1 Å². The lowest BCUT2D eigenvalue weighted by atomic mass is 9.98. The largest absolute Gasteiger partial charge is 0.228 e. The van der Waals surface area contributed by atoms with Crippen molar-refractivity contribution in [3.05, 3.63) is 182 Å². The fourth-order valence-electron chi connectivity index (χ4n) is 6.86. The van der Waals surface area contributed by atoms with Crippen LogP contribution in [-0.4, -0.2) is 29.9 Å². The van der Waals surface area contributed by atoms with Gasteiger partial charge in [0, 0.05) is 49.5 Å². The molecule has 0 unspecified atom stereocenters. The first kappa shape index (κ1) is 31.3. The summed E-state index contributed by atoms with van der Waals surface area (Å²) in [5.74, 6) is 0. The van der Waals surface area contributed by atoms with Crippen LogP contribution in [0, 0.1) is 0 Å². The topological polar surface area (TPSA) is 77.3 Å². The van der Waals surface area contributed by atoms with Crippen LogP contribution in [0.1, 0.15) is 0 Å². The van der Waals surface area contributed by atoms with Crippen LogP contribution in [-0.2, 0) is 0 Å². The van der Waals surface area contributed by atoms with E-state index in [0.29, 0.717) is 16.9 Å². The molecular formula is C48H30N6. The van der Waals surface area contributed by atoms with E-state index in [-0.39, 0.29) is 0 Å². The van der Waals surface area contributed by atoms with Gasteiger partial charge in [0.1, 0.15) is 0 Å². The van der Waals surface area contributed by atoms with E-state index in [1.807, 2.05) is 72.8 Å². The maximum absolute atomic E-state index is 5.11. The molecule has 252 valence electrons. The molecule has 54 heavy (non-hydrogen) atoms. The van der Waals surface area contributed by atoms with E-state index in [0.717, 1.165) is 83.7 Å². The SMILES string of the molecule is c1ccc(-c2ccc3ccc(-c4cc(-c5ccc6ccc(-c7ccccc7)nc6n5)cc(-c5ccc6ccc(-c7ccccc7)nc6n5)c4)nc3n2)cc1. The lowest BCUT2D eigenvalue weighted by molar-refractivity contribution is 1.27. The Morgan fingerprint density at radius 1 is 0.204 bits per heavy atom. The predicted octanol–water partition coefficient (Wildman–Crippen LogP) is 11.5. The van der Waals surface area contributed by atoms with Gasteiger partial charge in [-0.1, -0.05) is 91.0 Å². The van der Waals surface area contributed by atoms with Crippen LogP contribution in [0.5, 0.6) is 0 Å². The summed E-state index contributed by atoms with van der Waals surface area (Å²) in [6.07, 6.45) is 0. The van der Waals surface area contributed by atoms with Gasteiger partial charge in [-0.3, -0.25) is 0 Å². The standard InChI is InChI=1S/C48H30N6/c1-4-10-31(11-5-1)40-22-16-34-19-25-43(52-46(34)49-40)37-28-38(44-26-20-35-17-23-41(50-47(35)53-44)32-12-6-2-7-13-32)30-39(29-37)45-27-21-36-18-24-42(51-48(36)54-45)33-14-8-3-9-15-33/h1-30H. The Balaban J connectivity index is 1.13. The van der Waals surface area contributed by atoms with E-state index in [1.54, 1.807) is 0 Å². The van der Waals surface area contributed by atoms with Crippen LogP contribution in [0.15, 0.2) is 182 Å². The van der Waals surface area contributed by atoms with Crippen molar-refractivity contribution in [2.75, 3.05) is 0 Å². The molecule has 0 aliphatic rings. The van der Waals surface area contributed by atoms with Gasteiger partial charge in [-0.05, 0) is 91.0 Å². The van der Waals surface area contributed by atoms with Gasteiger partial charge in [0.05, 0.1) is 34.2 Å². The summed E-state index contributed by atoms with van der Waals surface area (Å²) in [5, 5.41) is 2.92. The normalized spacial score (nSPS) is 11.3. The summed E-state index contributed by atoms with van der Waals surface area (Å²) in [7, 11) is 0. The lowest BCUT2D eigenvalue weighted by Crippen LogP contribution is -1.95. The highest BCUT2D eigenvalue weighted by molar-refractivity contribution is 5.87. The maximum Gasteiger partial charge on any atom is 0.160 e. The van der Waals surface area contributed by atoms with Crippen molar-refractivity contribution in [1.29, 1.82) is 0 Å². The number of rotatable bonds is 6. The van der Waals surface area contributed by atoms with Crippen molar-refractivity contribution < 1.29 is 0 Å². The predicted molar refractivity (Wildman–Crippen MR) is 218 cm³/mol. The van der Waals surface area contributed by atoms with E-state index in [2.05, 4.69) is 109 Å². The fraction of sp³-hybridized carbons (Fsp3) is 0. The third-order valence-corrected chi connectivity index (χ3v) is 9.69. The number of nitrogens with zero attached hydrogens (tertiary/aromatic N) is 6. The van der Waals surface area contributed by atoms with Crippen molar-refractivity contribution in [3.8, 4) is 67.5 Å². The fourth-order valence-corrected chi connectivity index (χ4v) is 6.86. The Morgan fingerprint density at radius 2 is 0.426 bits per heavy atom. The molecule has 4 aromatic carbocycles. The van der Waals surface area contributed by atoms with Crippen molar-refractivity contribution in [3.63, 3.8) is 0 Å². The second-order valence-electron chi connectivity index (χ2n) is 13.2. The molecule has 0 amide bonds. The van der Waals surface area contributed by atoms with Gasteiger partial charge in [0.2, 0.25) is 0 Å². The molecule has 6 nitrogen and oxygen atoms in total. The van der Waals surface area contributed by atoms with Gasteiger partial charge in [-0.25, -0.2) is 29.9 Å². The molecule has 10 rings (SSSR count). The molecule has 0 N–H and O–H groups in total. The molecule has 0 aliphatic heterocycles. The number of fused-ring (bicyclic) bond motifs is 3. The zero-order valence-electron chi connectivity index (χ0n) is 29.0. The third kappa shape index (κ3) is 6.02. The van der Waals surface area contributed by atoms with Gasteiger partial charge in [-0.15, -0.1) is 0 Å². The van der Waals surface area contributed by atoms with Crippen LogP contribution < -0.4 is 0 Å². The molecule has 6 aromatic heterocycles. The highest BCUT2D eigenvalue weighted by Crippen LogP contribution is 2.34. The Kier molecular flexibility index (Phi) is 7.69. The van der Waals surface area contributed by atoms with Gasteiger partial charge < -0.3 is 0 Å². The minimum absolute atomic E-state index is 0.684. The summed E-state index contributed by atoms with van der Waals surface area (Å²) < 4.78 is 0. The summed E-state index contributed by atoms with van der Waals surface area (Å²) in [6, 6.07) is 61.8. The molecule has 0 spiro atoms. The number of benzene rings is 4. The summed E-state index contributed by atoms with van der Waals surface area (Å²) in [4.78, 5) is 30.3.